The molecule has 1 aromatic rings. The van der Waals surface area contributed by atoms with Crippen molar-refractivity contribution in [3.8, 4) is 0 Å². The van der Waals surface area contributed by atoms with E-state index < -0.39 is 0 Å². The Balaban J connectivity index is 0. The molecule has 0 aliphatic heterocycles. The highest BCUT2D eigenvalue weighted by molar-refractivity contribution is 9.10. The van der Waals surface area contributed by atoms with Gasteiger partial charge in [-0.2, -0.15) is 0 Å². The summed E-state index contributed by atoms with van der Waals surface area (Å²) < 4.78 is 0.648. The molecule has 4 nitrogen and oxygen atoms in total. The van der Waals surface area contributed by atoms with Gasteiger partial charge >= 0.3 is 0 Å². The summed E-state index contributed by atoms with van der Waals surface area (Å²) in [6.45, 7) is 8.00. The fraction of sp³-hybridized carbons (Fsp3) is 0.417. The summed E-state index contributed by atoms with van der Waals surface area (Å²) in [5.74, 6) is 5.00. The van der Waals surface area contributed by atoms with Crippen LogP contribution in [0.15, 0.2) is 22.7 Å². The van der Waals surface area contributed by atoms with Crippen LogP contribution in [-0.2, 0) is 0 Å². The van der Waals surface area contributed by atoms with E-state index in [0.29, 0.717) is 15.7 Å². The fourth-order valence-corrected chi connectivity index (χ4v) is 1.49. The van der Waals surface area contributed by atoms with E-state index in [-0.39, 0.29) is 5.91 Å². The maximum Gasteiger partial charge on any atom is 0.270 e. The van der Waals surface area contributed by atoms with Crippen LogP contribution in [0, 0.1) is 0 Å². The van der Waals surface area contributed by atoms with E-state index >= 15 is 0 Å². The van der Waals surface area contributed by atoms with Crippen LogP contribution in [0.5, 0.6) is 0 Å². The number of amides is 1. The predicted molar refractivity (Wildman–Crippen MR) is 77.5 cm³/mol. The molecule has 0 bridgehead atoms. The zero-order valence-corrected chi connectivity index (χ0v) is 12.7. The molecule has 0 radical (unpaired) electrons. The number of carbonyl (C=O) groups is 1. The van der Waals surface area contributed by atoms with E-state index in [1.807, 2.05) is 27.7 Å². The summed E-state index contributed by atoms with van der Waals surface area (Å²) in [6.07, 6.45) is 0. The van der Waals surface area contributed by atoms with Crippen molar-refractivity contribution in [2.24, 2.45) is 5.84 Å². The molecule has 4 N–H and O–H groups in total. The molecule has 0 aliphatic carbocycles. The molecule has 5 heteroatoms. The summed E-state index contributed by atoms with van der Waals surface area (Å²) in [4.78, 5) is 11.5. The van der Waals surface area contributed by atoms with E-state index in [1.165, 1.54) is 7.05 Å². The van der Waals surface area contributed by atoms with Crippen molar-refractivity contribution in [3.63, 3.8) is 0 Å². The van der Waals surface area contributed by atoms with Gasteiger partial charge in [-0.1, -0.05) is 33.8 Å². The number of nitrogens with two attached hydrogens (primary N) is 2. The first-order valence-corrected chi connectivity index (χ1v) is 6.40. The van der Waals surface area contributed by atoms with E-state index in [1.54, 1.807) is 18.2 Å². The van der Waals surface area contributed by atoms with Crippen LogP contribution < -0.4 is 11.6 Å². The minimum atomic E-state index is -0.315. The molecule has 0 atom stereocenters. The molecule has 0 aliphatic rings. The third-order valence-corrected chi connectivity index (χ3v) is 2.24. The van der Waals surface area contributed by atoms with Gasteiger partial charge in [0.15, 0.2) is 0 Å². The summed E-state index contributed by atoms with van der Waals surface area (Å²) in [6, 6.07) is 5.15. The standard InChI is InChI=1S/C8H10BrN3O.2C2H6/c1-12(11)8(13)7-5(9)3-2-4-6(7)10;2*1-2/h2-4H,10-11H2,1H3;2*1-2H3. The van der Waals surface area contributed by atoms with Gasteiger partial charge in [0.25, 0.3) is 5.91 Å². The van der Waals surface area contributed by atoms with Gasteiger partial charge in [-0.05, 0) is 28.1 Å². The first kappa shape index (κ1) is 18.3. The molecule has 0 aromatic heterocycles. The molecule has 1 aromatic carbocycles. The zero-order chi connectivity index (χ0) is 14.0. The van der Waals surface area contributed by atoms with Gasteiger partial charge in [-0.25, -0.2) is 5.84 Å². The molecule has 0 saturated heterocycles. The number of benzene rings is 1. The maximum atomic E-state index is 11.5. The van der Waals surface area contributed by atoms with E-state index in [9.17, 15) is 4.79 Å². The number of hydrazine groups is 1. The zero-order valence-electron chi connectivity index (χ0n) is 11.1. The number of nitrogen functional groups attached to an aromatic ring is 1. The number of nitrogens with zero attached hydrogens (tertiary/aromatic N) is 1. The topological polar surface area (TPSA) is 72.3 Å². The van der Waals surface area contributed by atoms with Gasteiger partial charge in [-0.3, -0.25) is 9.80 Å². The van der Waals surface area contributed by atoms with Crippen molar-refractivity contribution in [2.75, 3.05) is 12.8 Å². The molecular formula is C12H22BrN3O. The van der Waals surface area contributed by atoms with Crippen LogP contribution >= 0.6 is 15.9 Å². The lowest BCUT2D eigenvalue weighted by Crippen LogP contribution is -2.33. The molecule has 0 saturated carbocycles. The third kappa shape index (κ3) is 5.70. The number of anilines is 1. The van der Waals surface area contributed by atoms with Crippen molar-refractivity contribution < 1.29 is 4.79 Å². The first-order valence-electron chi connectivity index (χ1n) is 5.60. The van der Waals surface area contributed by atoms with Crippen molar-refractivity contribution in [1.82, 2.24) is 5.01 Å². The van der Waals surface area contributed by atoms with Gasteiger partial charge in [0.05, 0.1) is 5.56 Å². The van der Waals surface area contributed by atoms with Crippen LogP contribution in [0.3, 0.4) is 0 Å². The van der Waals surface area contributed by atoms with Gasteiger partial charge in [0.1, 0.15) is 0 Å². The van der Waals surface area contributed by atoms with Crippen molar-refractivity contribution in [3.05, 3.63) is 28.2 Å². The largest absolute Gasteiger partial charge is 0.398 e. The lowest BCUT2D eigenvalue weighted by atomic mass is 10.1. The van der Waals surface area contributed by atoms with Crippen LogP contribution in [0.2, 0.25) is 0 Å². The summed E-state index contributed by atoms with van der Waals surface area (Å²) >= 11 is 3.23. The lowest BCUT2D eigenvalue weighted by molar-refractivity contribution is 0.0795. The van der Waals surface area contributed by atoms with Crippen molar-refractivity contribution in [2.45, 2.75) is 27.7 Å². The summed E-state index contributed by atoms with van der Waals surface area (Å²) in [5, 5.41) is 0.996. The second-order valence-corrected chi connectivity index (χ2v) is 3.47. The van der Waals surface area contributed by atoms with E-state index in [4.69, 9.17) is 11.6 Å². The van der Waals surface area contributed by atoms with Gasteiger partial charge < -0.3 is 5.73 Å². The Morgan fingerprint density at radius 1 is 1.24 bits per heavy atom. The molecule has 17 heavy (non-hydrogen) atoms. The van der Waals surface area contributed by atoms with Crippen LogP contribution in [0.25, 0.3) is 0 Å². The van der Waals surface area contributed by atoms with Gasteiger partial charge in [-0.15, -0.1) is 0 Å². The summed E-state index contributed by atoms with van der Waals surface area (Å²) in [7, 11) is 1.47. The highest BCUT2D eigenvalue weighted by Crippen LogP contribution is 2.22. The van der Waals surface area contributed by atoms with Gasteiger partial charge in [0.2, 0.25) is 0 Å². The minimum absolute atomic E-state index is 0.315. The molecule has 0 spiro atoms. The number of halogens is 1. The highest BCUT2D eigenvalue weighted by Gasteiger charge is 2.15. The van der Waals surface area contributed by atoms with Gasteiger partial charge in [0, 0.05) is 17.2 Å². The Morgan fingerprint density at radius 3 is 2.06 bits per heavy atom. The third-order valence-electron chi connectivity index (χ3n) is 1.58. The SMILES string of the molecule is CC.CC.CN(N)C(=O)c1c(N)cccc1Br. The van der Waals surface area contributed by atoms with Crippen LogP contribution in [-0.4, -0.2) is 18.0 Å². The van der Waals surface area contributed by atoms with Crippen molar-refractivity contribution in [1.29, 1.82) is 0 Å². The first-order chi connectivity index (χ1) is 8.04. The minimum Gasteiger partial charge on any atom is -0.398 e. The Labute approximate surface area is 112 Å². The van der Waals surface area contributed by atoms with Crippen LogP contribution in [0.4, 0.5) is 5.69 Å². The lowest BCUT2D eigenvalue weighted by Gasteiger charge is -2.12. The molecule has 98 valence electrons. The Kier molecular flexibility index (Phi) is 10.9. The quantitative estimate of drug-likeness (QED) is 0.362. The fourth-order valence-electron chi connectivity index (χ4n) is 0.943. The highest BCUT2D eigenvalue weighted by atomic mass is 79.9. The van der Waals surface area contributed by atoms with Crippen molar-refractivity contribution >= 4 is 27.5 Å². The second kappa shape index (κ2) is 10.1. The number of rotatable bonds is 1. The normalized spacial score (nSPS) is 8.18. The number of carbonyl (C=O) groups excluding carboxylic acids is 1. The molecule has 0 heterocycles. The average Bonchev–Trinajstić information content (AvgIpc) is 2.33. The summed E-state index contributed by atoms with van der Waals surface area (Å²) in [5.41, 5.74) is 6.44. The average molecular weight is 304 g/mol. The van der Waals surface area contributed by atoms with E-state index in [2.05, 4.69) is 15.9 Å². The molecule has 0 unspecified atom stereocenters. The molecule has 1 amide bonds. The maximum absolute atomic E-state index is 11.5. The monoisotopic (exact) mass is 303 g/mol. The Hall–Kier alpha value is -1.07. The molecule has 0 fully saturated rings. The number of hydrogen-bond donors (Lipinski definition) is 2. The predicted octanol–water partition coefficient (Wildman–Crippen LogP) is 3.03. The molecule has 1 rings (SSSR count). The van der Waals surface area contributed by atoms with E-state index in [0.717, 1.165) is 5.01 Å². The molecular weight excluding hydrogens is 282 g/mol. The Morgan fingerprint density at radius 2 is 1.71 bits per heavy atom. The van der Waals surface area contributed by atoms with Crippen LogP contribution in [0.1, 0.15) is 38.1 Å². The smallest absolute Gasteiger partial charge is 0.270 e. The second-order valence-electron chi connectivity index (χ2n) is 2.62. The Bertz CT molecular complexity index is 320. The number of hydrogen-bond acceptors (Lipinski definition) is 3.